The molecule has 0 unspecified atom stereocenters. The van der Waals surface area contributed by atoms with Gasteiger partial charge in [0.1, 0.15) is 18.5 Å². The molecule has 5 heterocycles. The first-order chi connectivity index (χ1) is 36.0. The SMILES string of the molecule is CC[C@@]1(O)C(=O)OCc2c1cc1n(c2=O)Cc2c-1nc1cc(F)c(C)c3c1c2[C@@H](NC(=O)NCCNC(=O)CNC(=O)[C@H](Cc1ccccc1)NC(=O)CNC(=O)CNC(=O)CCCCCN1C(=O)C=CC1=O)CC3. The van der Waals surface area contributed by atoms with E-state index in [2.05, 4.69) is 37.2 Å². The van der Waals surface area contributed by atoms with E-state index in [4.69, 9.17) is 9.72 Å². The van der Waals surface area contributed by atoms with E-state index in [9.17, 15) is 53.1 Å². The second-order valence-electron chi connectivity index (χ2n) is 18.7. The predicted octanol–water partition coefficient (Wildman–Crippen LogP) is 0.491. The number of cyclic esters (lactones) is 1. The van der Waals surface area contributed by atoms with Crippen LogP contribution in [0.2, 0.25) is 0 Å². The number of unbranched alkanes of at least 4 members (excludes halogenated alkanes) is 2. The Bertz CT molecular complexity index is 3090. The second-order valence-corrected chi connectivity index (χ2v) is 18.7. The van der Waals surface area contributed by atoms with Crippen molar-refractivity contribution in [2.75, 3.05) is 39.3 Å². The first kappa shape index (κ1) is 53.0. The lowest BCUT2D eigenvalue weighted by Crippen LogP contribution is -2.52. The summed E-state index contributed by atoms with van der Waals surface area (Å²) in [6.45, 7) is 1.84. The zero-order valence-corrected chi connectivity index (χ0v) is 41.3. The summed E-state index contributed by atoms with van der Waals surface area (Å²) in [6.07, 6.45) is 4.88. The molecule has 8 N–H and O–H groups in total. The summed E-state index contributed by atoms with van der Waals surface area (Å²) in [5, 5.41) is 30.3. The lowest BCUT2D eigenvalue weighted by atomic mass is 9.81. The van der Waals surface area contributed by atoms with Gasteiger partial charge in [-0.25, -0.2) is 19.0 Å². The molecule has 3 aliphatic heterocycles. The van der Waals surface area contributed by atoms with Crippen LogP contribution in [0.25, 0.3) is 22.3 Å². The number of fused-ring (bicyclic) bond motifs is 5. The zero-order chi connectivity index (χ0) is 53.6. The van der Waals surface area contributed by atoms with E-state index in [-0.39, 0.29) is 75.0 Å². The number of aromatic nitrogens is 2. The van der Waals surface area contributed by atoms with E-state index in [0.717, 1.165) is 10.5 Å². The van der Waals surface area contributed by atoms with Gasteiger partial charge in [0, 0.05) is 67.2 Å². The van der Waals surface area contributed by atoms with Crippen LogP contribution in [0.15, 0.2) is 59.4 Å². The Morgan fingerprint density at radius 1 is 0.840 bits per heavy atom. The van der Waals surface area contributed by atoms with Crippen molar-refractivity contribution in [1.82, 2.24) is 51.7 Å². The van der Waals surface area contributed by atoms with Gasteiger partial charge in [-0.3, -0.25) is 43.3 Å². The number of esters is 1. The fraction of sp³-hybridized carbons (Fsp3) is 0.404. The van der Waals surface area contributed by atoms with Gasteiger partial charge < -0.3 is 51.6 Å². The summed E-state index contributed by atoms with van der Waals surface area (Å²) < 4.78 is 22.1. The first-order valence-electron chi connectivity index (χ1n) is 24.8. The molecule has 22 nitrogen and oxygen atoms in total. The Morgan fingerprint density at radius 3 is 2.28 bits per heavy atom. The van der Waals surface area contributed by atoms with E-state index in [1.54, 1.807) is 50.2 Å². The number of aryl methyl sites for hydroxylation is 1. The molecule has 9 amide bonds. The van der Waals surface area contributed by atoms with Gasteiger partial charge in [0.2, 0.25) is 29.5 Å². The largest absolute Gasteiger partial charge is 0.458 e. The number of nitrogens with one attached hydrogen (secondary N) is 7. The molecule has 1 aliphatic carbocycles. The summed E-state index contributed by atoms with van der Waals surface area (Å²) in [5.74, 6) is -5.09. The molecule has 0 spiro atoms. The molecule has 0 saturated heterocycles. The number of hydrogen-bond acceptors (Lipinski definition) is 13. The lowest BCUT2D eigenvalue weighted by Gasteiger charge is -2.31. The van der Waals surface area contributed by atoms with Gasteiger partial charge in [-0.1, -0.05) is 43.7 Å². The highest BCUT2D eigenvalue weighted by Crippen LogP contribution is 2.46. The average molecular weight is 1030 g/mol. The van der Waals surface area contributed by atoms with Crippen molar-refractivity contribution in [2.24, 2.45) is 0 Å². The Hall–Kier alpha value is -8.34. The molecule has 75 heavy (non-hydrogen) atoms. The number of aliphatic hydroxyl groups is 1. The van der Waals surface area contributed by atoms with Crippen LogP contribution >= 0.6 is 0 Å². The topological polar surface area (TPSA) is 305 Å². The highest BCUT2D eigenvalue weighted by atomic mass is 19.1. The molecule has 0 bridgehead atoms. The third-order valence-electron chi connectivity index (χ3n) is 13.9. The standard InChI is InChI=1S/C52H57FN10O12/c1-3-52(74)33-21-38-47-31(26-63(38)49(71)32(33)27-75-50(52)72)46-35(14-13-30-28(2)34(53)22-36(60-47)45(30)46)61-51(73)55-18-17-54-40(65)24-58-48(70)37(20-29-10-6-4-7-11-29)59-42(67)25-57-41(66)23-56-39(64)12-8-5-9-19-62-43(68)15-16-44(62)69/h4,6-7,10-11,15-16,21-22,35,37,74H,3,5,8-9,12-14,17-20,23-27H2,1-2H3,(H,54,65)(H,56,64)(H,57,66)(H,58,70)(H,59,67)(H2,55,61,73)/t35-,37-,52-/m0/s1. The summed E-state index contributed by atoms with van der Waals surface area (Å²) in [5.41, 5.74) is 1.95. The maximum absolute atomic E-state index is 15.4. The number of imide groups is 1. The molecule has 0 radical (unpaired) electrons. The van der Waals surface area contributed by atoms with Crippen LogP contribution < -0.4 is 42.8 Å². The molecule has 8 rings (SSSR count). The predicted molar refractivity (Wildman–Crippen MR) is 265 cm³/mol. The Morgan fingerprint density at radius 2 is 1.53 bits per heavy atom. The zero-order valence-electron chi connectivity index (χ0n) is 41.3. The third kappa shape index (κ3) is 11.6. The van der Waals surface area contributed by atoms with Crippen LogP contribution in [-0.2, 0) is 74.7 Å². The van der Waals surface area contributed by atoms with Crippen LogP contribution in [0.5, 0.6) is 0 Å². The van der Waals surface area contributed by atoms with E-state index in [1.807, 2.05) is 0 Å². The highest BCUT2D eigenvalue weighted by Gasteiger charge is 2.46. The number of carbonyl (C=O) groups is 9. The second kappa shape index (κ2) is 22.8. The van der Waals surface area contributed by atoms with Gasteiger partial charge in [0.25, 0.3) is 17.4 Å². The number of halogens is 1. The van der Waals surface area contributed by atoms with Crippen molar-refractivity contribution in [3.05, 3.63) is 110 Å². The number of benzene rings is 2. The number of carbonyl (C=O) groups excluding carboxylic acids is 9. The molecule has 394 valence electrons. The fourth-order valence-electron chi connectivity index (χ4n) is 9.84. The molecular formula is C52H57FN10O12. The number of urea groups is 1. The first-order valence-corrected chi connectivity index (χ1v) is 24.8. The quantitative estimate of drug-likeness (QED) is 0.0283. The Balaban J connectivity index is 0.805. The number of amides is 9. The van der Waals surface area contributed by atoms with Crippen LogP contribution in [-0.4, -0.2) is 118 Å². The van der Waals surface area contributed by atoms with Crippen molar-refractivity contribution in [3.63, 3.8) is 0 Å². The highest BCUT2D eigenvalue weighted by molar-refractivity contribution is 6.12. The normalized spacial score (nSPS) is 17.3. The van der Waals surface area contributed by atoms with Crippen molar-refractivity contribution in [2.45, 2.75) is 96.1 Å². The summed E-state index contributed by atoms with van der Waals surface area (Å²) in [4.78, 5) is 133. The van der Waals surface area contributed by atoms with E-state index in [1.165, 1.54) is 22.8 Å². The average Bonchev–Trinajstić information content (AvgIpc) is 3.98. The van der Waals surface area contributed by atoms with Crippen molar-refractivity contribution >= 4 is 64.3 Å². The number of nitrogens with zero attached hydrogens (tertiary/aromatic N) is 3. The number of hydrogen-bond donors (Lipinski definition) is 8. The molecule has 0 saturated carbocycles. The molecule has 2 aromatic carbocycles. The van der Waals surface area contributed by atoms with Gasteiger partial charge in [-0.2, -0.15) is 0 Å². The van der Waals surface area contributed by atoms with Gasteiger partial charge in [0.05, 0.1) is 54.7 Å². The Kier molecular flexibility index (Phi) is 16.1. The summed E-state index contributed by atoms with van der Waals surface area (Å²) in [7, 11) is 0. The van der Waals surface area contributed by atoms with E-state index >= 15 is 4.39 Å². The van der Waals surface area contributed by atoms with Crippen LogP contribution in [0.1, 0.15) is 90.4 Å². The minimum atomic E-state index is -2.05. The maximum atomic E-state index is 15.4. The van der Waals surface area contributed by atoms with Crippen molar-refractivity contribution in [1.29, 1.82) is 0 Å². The van der Waals surface area contributed by atoms with Crippen molar-refractivity contribution in [3.8, 4) is 11.4 Å². The van der Waals surface area contributed by atoms with Gasteiger partial charge >= 0.3 is 12.0 Å². The lowest BCUT2D eigenvalue weighted by molar-refractivity contribution is -0.172. The van der Waals surface area contributed by atoms with Gasteiger partial charge in [0.15, 0.2) is 5.60 Å². The molecule has 2 aromatic heterocycles. The fourth-order valence-corrected chi connectivity index (χ4v) is 9.84. The minimum Gasteiger partial charge on any atom is -0.458 e. The van der Waals surface area contributed by atoms with E-state index in [0.29, 0.717) is 76.6 Å². The van der Waals surface area contributed by atoms with E-state index < -0.39 is 90.2 Å². The van der Waals surface area contributed by atoms with Gasteiger partial charge in [-0.05, 0) is 67.3 Å². The van der Waals surface area contributed by atoms with Crippen LogP contribution in [0.4, 0.5) is 9.18 Å². The molecule has 0 fully saturated rings. The monoisotopic (exact) mass is 1030 g/mol. The smallest absolute Gasteiger partial charge is 0.343 e. The van der Waals surface area contributed by atoms with Crippen LogP contribution in [0, 0.1) is 12.7 Å². The number of rotatable bonds is 21. The van der Waals surface area contributed by atoms with Crippen molar-refractivity contribution < 1.29 is 57.4 Å². The molecule has 23 heteroatoms. The molecule has 3 atom stereocenters. The van der Waals surface area contributed by atoms with Gasteiger partial charge in [-0.15, -0.1) is 0 Å². The molecular weight excluding hydrogens is 976 g/mol. The third-order valence-corrected chi connectivity index (χ3v) is 13.9. The molecule has 4 aliphatic rings. The Labute approximate surface area is 428 Å². The molecule has 4 aromatic rings. The maximum Gasteiger partial charge on any atom is 0.343 e. The number of pyridine rings is 2. The summed E-state index contributed by atoms with van der Waals surface area (Å²) in [6, 6.07) is 9.34. The van der Waals surface area contributed by atoms with Crippen LogP contribution in [0.3, 0.4) is 0 Å². The summed E-state index contributed by atoms with van der Waals surface area (Å²) >= 11 is 0. The minimum absolute atomic E-state index is 0.0239. The number of ether oxygens (including phenoxy) is 1.